The van der Waals surface area contributed by atoms with Gasteiger partial charge in [0.25, 0.3) is 0 Å². The molecule has 0 radical (unpaired) electrons. The molecule has 7 rings (SSSR count). The van der Waals surface area contributed by atoms with Gasteiger partial charge in [0.2, 0.25) is 5.88 Å². The van der Waals surface area contributed by atoms with Gasteiger partial charge in [-0.05, 0) is 48.4 Å². The van der Waals surface area contributed by atoms with Gasteiger partial charge in [0.05, 0.1) is 63.2 Å². The van der Waals surface area contributed by atoms with Crippen molar-refractivity contribution in [2.24, 2.45) is 0 Å². The van der Waals surface area contributed by atoms with Gasteiger partial charge in [-0.15, -0.1) is 11.6 Å². The lowest BCUT2D eigenvalue weighted by atomic mass is 10.0. The fraction of sp³-hybridized carbons (Fsp3) is 0.195. The number of halogens is 1. The number of ether oxygens (including phenoxy) is 6. The number of aromatic nitrogens is 3. The van der Waals surface area contributed by atoms with E-state index in [0.717, 1.165) is 61.7 Å². The van der Waals surface area contributed by atoms with Crippen molar-refractivity contribution in [2.75, 3.05) is 27.9 Å². The highest BCUT2D eigenvalue weighted by Crippen LogP contribution is 2.46. The maximum Gasteiger partial charge on any atom is 0.515 e. The number of methoxy groups -OCH3 is 3. The van der Waals surface area contributed by atoms with E-state index in [1.165, 1.54) is 0 Å². The van der Waals surface area contributed by atoms with Crippen LogP contribution in [0.15, 0.2) is 109 Å². The summed E-state index contributed by atoms with van der Waals surface area (Å²) >= 11 is 6.77. The lowest BCUT2D eigenvalue weighted by molar-refractivity contribution is 0.101. The summed E-state index contributed by atoms with van der Waals surface area (Å²) in [7, 11) is 4.88. The number of carbonyl (C=O) groups excluding carboxylic acids is 1. The average Bonchev–Trinajstić information content (AvgIpc) is 3.79. The average molecular weight is 752 g/mol. The van der Waals surface area contributed by atoms with Crippen LogP contribution in [0.25, 0.3) is 33.1 Å². The van der Waals surface area contributed by atoms with Gasteiger partial charge < -0.3 is 33.0 Å². The summed E-state index contributed by atoms with van der Waals surface area (Å²) < 4.78 is 44.7. The first-order valence-electron chi connectivity index (χ1n) is 16.8. The van der Waals surface area contributed by atoms with Crippen molar-refractivity contribution < 1.29 is 33.2 Å². The second-order valence-corrected chi connectivity index (χ2v) is 12.4. The number of benzene rings is 5. The fourth-order valence-corrected chi connectivity index (χ4v) is 6.60. The SMILES string of the molecule is CCOC(=O)Oc1c(-c2ccc3nsnc3c2)c2cc(OC)c(OCc3ccccc3)cc2n1Cc1ccccc1OC.COc1ccccc1CCl. The molecule has 0 amide bonds. The van der Waals surface area contributed by atoms with E-state index in [9.17, 15) is 4.79 Å². The largest absolute Gasteiger partial charge is 0.515 e. The van der Waals surface area contributed by atoms with Crippen LogP contribution in [0.5, 0.6) is 28.9 Å². The van der Waals surface area contributed by atoms with Crippen molar-refractivity contribution >= 4 is 51.4 Å². The second kappa shape index (κ2) is 17.6. The molecule has 0 spiro atoms. The molecule has 0 N–H and O–H groups in total. The monoisotopic (exact) mass is 751 g/mol. The first-order chi connectivity index (χ1) is 26.0. The molecule has 12 heteroatoms. The minimum absolute atomic E-state index is 0.169. The topological polar surface area (TPSA) is 103 Å². The van der Waals surface area contributed by atoms with Crippen LogP contribution in [-0.4, -0.2) is 47.4 Å². The summed E-state index contributed by atoms with van der Waals surface area (Å²) in [5.41, 5.74) is 6.71. The molecule has 0 aliphatic carbocycles. The minimum Gasteiger partial charge on any atom is -0.496 e. The zero-order chi connectivity index (χ0) is 37.2. The lowest BCUT2D eigenvalue weighted by Crippen LogP contribution is -2.14. The molecule has 7 aromatic rings. The third-order valence-corrected chi connectivity index (χ3v) is 9.23. The van der Waals surface area contributed by atoms with Crippen LogP contribution in [0.1, 0.15) is 23.6 Å². The normalized spacial score (nSPS) is 10.7. The van der Waals surface area contributed by atoms with Crippen molar-refractivity contribution in [2.45, 2.75) is 26.0 Å². The summed E-state index contributed by atoms with van der Waals surface area (Å²) in [6, 6.07) is 35.0. The third kappa shape index (κ3) is 8.48. The molecule has 0 bridgehead atoms. The van der Waals surface area contributed by atoms with Gasteiger partial charge in [0.15, 0.2) is 11.5 Å². The number of rotatable bonds is 12. The van der Waals surface area contributed by atoms with E-state index in [1.807, 2.05) is 114 Å². The molecule has 53 heavy (non-hydrogen) atoms. The first kappa shape index (κ1) is 37.0. The van der Waals surface area contributed by atoms with Gasteiger partial charge in [-0.3, -0.25) is 0 Å². The number of alkyl halides is 1. The molecule has 2 aromatic heterocycles. The smallest absolute Gasteiger partial charge is 0.496 e. The molecule has 272 valence electrons. The van der Waals surface area contributed by atoms with Crippen molar-refractivity contribution in [1.29, 1.82) is 0 Å². The number of hydrogen-bond acceptors (Lipinski definition) is 10. The van der Waals surface area contributed by atoms with Gasteiger partial charge in [-0.2, -0.15) is 8.75 Å². The minimum atomic E-state index is -0.809. The first-order valence-corrected chi connectivity index (χ1v) is 18.0. The van der Waals surface area contributed by atoms with E-state index in [2.05, 4.69) is 8.75 Å². The highest BCUT2D eigenvalue weighted by molar-refractivity contribution is 7.00. The Labute approximate surface area is 316 Å². The molecule has 2 heterocycles. The Kier molecular flexibility index (Phi) is 12.3. The van der Waals surface area contributed by atoms with Crippen molar-refractivity contribution in [1.82, 2.24) is 13.3 Å². The number of hydrogen-bond donors (Lipinski definition) is 0. The molecular weight excluding hydrogens is 714 g/mol. The van der Waals surface area contributed by atoms with Crippen LogP contribution in [0, 0.1) is 0 Å². The predicted molar refractivity (Wildman–Crippen MR) is 208 cm³/mol. The Morgan fingerprint density at radius 1 is 0.736 bits per heavy atom. The number of para-hydroxylation sites is 2. The lowest BCUT2D eigenvalue weighted by Gasteiger charge is -2.15. The summed E-state index contributed by atoms with van der Waals surface area (Å²) in [4.78, 5) is 12.9. The molecule has 0 saturated carbocycles. The van der Waals surface area contributed by atoms with Crippen LogP contribution < -0.4 is 23.7 Å². The standard InChI is InChI=1S/C33H29N3O6S.C8H9ClO/c1-4-40-33(37)42-32-31(22-14-15-25-26(16-22)35-43-34-25)24-17-29(39-3)30(41-20-21-10-6-5-7-11-21)18-27(24)36(32)19-23-12-8-9-13-28(23)38-2;1-10-8-5-3-2-4-7(8)6-9/h5-18H,4,19-20H2,1-3H3;2-5H,6H2,1H3. The highest BCUT2D eigenvalue weighted by Gasteiger charge is 2.26. The van der Waals surface area contributed by atoms with Crippen molar-refractivity contribution in [3.8, 4) is 40.0 Å². The molecule has 0 saturated heterocycles. The Morgan fingerprint density at radius 2 is 1.40 bits per heavy atom. The summed E-state index contributed by atoms with van der Waals surface area (Å²) in [5, 5.41) is 0.792. The van der Waals surface area contributed by atoms with Crippen molar-refractivity contribution in [3.05, 3.63) is 126 Å². The molecular formula is C41H38ClN3O7S. The zero-order valence-corrected chi connectivity index (χ0v) is 31.3. The van der Waals surface area contributed by atoms with Gasteiger partial charge in [0.1, 0.15) is 29.1 Å². The number of fused-ring (bicyclic) bond motifs is 2. The maximum absolute atomic E-state index is 12.9. The molecule has 0 aliphatic rings. The molecule has 0 unspecified atom stereocenters. The summed E-state index contributed by atoms with van der Waals surface area (Å²) in [6.07, 6.45) is -0.809. The van der Waals surface area contributed by atoms with Gasteiger partial charge in [-0.1, -0.05) is 72.8 Å². The van der Waals surface area contributed by atoms with E-state index < -0.39 is 6.16 Å². The van der Waals surface area contributed by atoms with Crippen LogP contribution in [0.2, 0.25) is 0 Å². The summed E-state index contributed by atoms with van der Waals surface area (Å²) in [5.74, 6) is 3.47. The van der Waals surface area contributed by atoms with Gasteiger partial charge in [-0.25, -0.2) is 4.79 Å². The fourth-order valence-electron chi connectivity index (χ4n) is 5.86. The third-order valence-electron chi connectivity index (χ3n) is 8.38. The van der Waals surface area contributed by atoms with E-state index in [1.54, 1.807) is 28.3 Å². The van der Waals surface area contributed by atoms with E-state index in [0.29, 0.717) is 47.7 Å². The number of nitrogens with zero attached hydrogens (tertiary/aromatic N) is 3. The Morgan fingerprint density at radius 3 is 2.08 bits per heavy atom. The van der Waals surface area contributed by atoms with Crippen LogP contribution in [0.3, 0.4) is 0 Å². The maximum atomic E-state index is 12.9. The van der Waals surface area contributed by atoms with Crippen LogP contribution in [-0.2, 0) is 23.8 Å². The second-order valence-electron chi connectivity index (χ2n) is 11.6. The Balaban J connectivity index is 0.000000417. The zero-order valence-electron chi connectivity index (χ0n) is 29.7. The van der Waals surface area contributed by atoms with Crippen LogP contribution in [0.4, 0.5) is 4.79 Å². The Bertz CT molecular complexity index is 2290. The molecule has 5 aromatic carbocycles. The number of carbonyl (C=O) groups is 1. The van der Waals surface area contributed by atoms with Crippen LogP contribution >= 0.6 is 23.3 Å². The Hall–Kier alpha value is -5.78. The summed E-state index contributed by atoms with van der Waals surface area (Å²) in [6.45, 7) is 2.59. The van der Waals surface area contributed by atoms with E-state index >= 15 is 0 Å². The molecule has 0 atom stereocenters. The van der Waals surface area contributed by atoms with E-state index in [4.69, 9.17) is 40.0 Å². The molecule has 0 fully saturated rings. The highest BCUT2D eigenvalue weighted by atomic mass is 35.5. The molecule has 10 nitrogen and oxygen atoms in total. The predicted octanol–water partition coefficient (Wildman–Crippen LogP) is 9.93. The van der Waals surface area contributed by atoms with E-state index in [-0.39, 0.29) is 6.61 Å². The van der Waals surface area contributed by atoms with Gasteiger partial charge >= 0.3 is 6.16 Å². The molecule has 0 aliphatic heterocycles. The van der Waals surface area contributed by atoms with Gasteiger partial charge in [0, 0.05) is 22.6 Å². The quantitative estimate of drug-likeness (QED) is 0.0892. The van der Waals surface area contributed by atoms with Crippen molar-refractivity contribution in [3.63, 3.8) is 0 Å².